The van der Waals surface area contributed by atoms with Gasteiger partial charge in [0.05, 0.1) is 13.2 Å². The summed E-state index contributed by atoms with van der Waals surface area (Å²) in [4.78, 5) is 16.2. The second kappa shape index (κ2) is 11.3. The molecular weight excluding hydrogens is 344 g/mol. The summed E-state index contributed by atoms with van der Waals surface area (Å²) >= 11 is 0. The maximum absolute atomic E-state index is 11.6. The van der Waals surface area contributed by atoms with Gasteiger partial charge in [-0.3, -0.25) is 0 Å². The fourth-order valence-electron chi connectivity index (χ4n) is 2.30. The number of nitrogens with zero attached hydrogens (tertiary/aromatic N) is 1. The Balaban J connectivity index is 2.50. The van der Waals surface area contributed by atoms with Crippen molar-refractivity contribution in [3.05, 3.63) is 29.3 Å². The van der Waals surface area contributed by atoms with Crippen molar-refractivity contribution in [3.8, 4) is 5.75 Å². The number of amides is 1. The number of benzene rings is 1. The molecule has 1 aromatic carbocycles. The molecule has 0 aliphatic heterocycles. The minimum atomic E-state index is -0.496. The third kappa shape index (κ3) is 9.72. The fraction of sp³-hybridized carbons (Fsp3) is 0.600. The molecule has 0 heterocycles. The van der Waals surface area contributed by atoms with E-state index in [1.807, 2.05) is 53.7 Å². The second-order valence-electron chi connectivity index (χ2n) is 7.08. The molecular formula is C20H34N4O3. The fourth-order valence-corrected chi connectivity index (χ4v) is 2.30. The van der Waals surface area contributed by atoms with Crippen molar-refractivity contribution in [3.63, 3.8) is 0 Å². The van der Waals surface area contributed by atoms with Crippen LogP contribution in [0.25, 0.3) is 0 Å². The van der Waals surface area contributed by atoms with Gasteiger partial charge in [0.25, 0.3) is 0 Å². The van der Waals surface area contributed by atoms with Gasteiger partial charge in [-0.2, -0.15) is 0 Å². The number of hydrogen-bond acceptors (Lipinski definition) is 4. The van der Waals surface area contributed by atoms with E-state index in [4.69, 9.17) is 9.47 Å². The summed E-state index contributed by atoms with van der Waals surface area (Å²) in [6.07, 6.45) is -0.420. The highest BCUT2D eigenvalue weighted by Crippen LogP contribution is 2.19. The van der Waals surface area contributed by atoms with Gasteiger partial charge in [-0.25, -0.2) is 9.79 Å². The highest BCUT2D eigenvalue weighted by atomic mass is 16.6. The van der Waals surface area contributed by atoms with Crippen LogP contribution >= 0.6 is 0 Å². The van der Waals surface area contributed by atoms with Gasteiger partial charge in [0.1, 0.15) is 11.4 Å². The Bertz CT molecular complexity index is 624. The van der Waals surface area contributed by atoms with Crippen molar-refractivity contribution in [2.24, 2.45) is 4.99 Å². The predicted molar refractivity (Wildman–Crippen MR) is 109 cm³/mol. The Morgan fingerprint density at radius 2 is 1.81 bits per heavy atom. The molecule has 0 bridgehead atoms. The average molecular weight is 379 g/mol. The van der Waals surface area contributed by atoms with Crippen molar-refractivity contribution in [1.82, 2.24) is 16.0 Å². The molecule has 0 fully saturated rings. The number of guanidine groups is 1. The van der Waals surface area contributed by atoms with E-state index in [2.05, 4.69) is 27.0 Å². The molecule has 0 aliphatic rings. The smallest absolute Gasteiger partial charge is 0.407 e. The van der Waals surface area contributed by atoms with Crippen molar-refractivity contribution >= 4 is 12.1 Å². The first-order chi connectivity index (χ1) is 12.7. The lowest BCUT2D eigenvalue weighted by Gasteiger charge is -2.19. The predicted octanol–water partition coefficient (Wildman–Crippen LogP) is 2.97. The van der Waals surface area contributed by atoms with E-state index >= 15 is 0 Å². The number of carbonyl (C=O) groups is 1. The molecule has 1 amide bonds. The van der Waals surface area contributed by atoms with E-state index in [1.165, 1.54) is 0 Å². The molecule has 152 valence electrons. The first-order valence-electron chi connectivity index (χ1n) is 9.46. The van der Waals surface area contributed by atoms with E-state index in [0.29, 0.717) is 32.2 Å². The third-order valence-electron chi connectivity index (χ3n) is 3.39. The molecule has 7 heteroatoms. The molecule has 0 radical (unpaired) electrons. The largest absolute Gasteiger partial charge is 0.494 e. The van der Waals surface area contributed by atoms with Crippen LogP contribution in [0.4, 0.5) is 4.79 Å². The van der Waals surface area contributed by atoms with Crippen LogP contribution in [0.2, 0.25) is 0 Å². The van der Waals surface area contributed by atoms with Crippen LogP contribution in [0.1, 0.15) is 45.7 Å². The summed E-state index contributed by atoms with van der Waals surface area (Å²) in [5, 5.41) is 9.11. The summed E-state index contributed by atoms with van der Waals surface area (Å²) in [5.41, 5.74) is 1.72. The molecule has 0 saturated heterocycles. The minimum absolute atomic E-state index is 0.420. The Morgan fingerprint density at radius 3 is 2.41 bits per heavy atom. The summed E-state index contributed by atoms with van der Waals surface area (Å²) < 4.78 is 10.8. The highest BCUT2D eigenvalue weighted by Gasteiger charge is 2.15. The van der Waals surface area contributed by atoms with Crippen LogP contribution in [-0.4, -0.2) is 43.9 Å². The van der Waals surface area contributed by atoms with E-state index in [0.717, 1.165) is 23.4 Å². The van der Waals surface area contributed by atoms with Gasteiger partial charge in [0, 0.05) is 19.6 Å². The van der Waals surface area contributed by atoms with Crippen LogP contribution in [0.15, 0.2) is 23.2 Å². The van der Waals surface area contributed by atoms with Crippen LogP contribution in [-0.2, 0) is 11.3 Å². The Kier molecular flexibility index (Phi) is 9.47. The van der Waals surface area contributed by atoms with Gasteiger partial charge < -0.3 is 25.4 Å². The standard InChI is InChI=1S/C20H34N4O3/c1-7-21-18(22-11-12-23-19(25)27-20(4,5)6)24-14-16-9-10-17(26-8-2)15(3)13-16/h9-10,13H,7-8,11-12,14H2,1-6H3,(H,23,25)(H2,21,22,24). The lowest BCUT2D eigenvalue weighted by atomic mass is 10.1. The zero-order valence-electron chi connectivity index (χ0n) is 17.4. The third-order valence-corrected chi connectivity index (χ3v) is 3.39. The molecule has 0 spiro atoms. The van der Waals surface area contributed by atoms with Gasteiger partial charge in [-0.15, -0.1) is 0 Å². The molecule has 1 aromatic rings. The first kappa shape index (κ1) is 22.6. The molecule has 0 atom stereocenters. The first-order valence-corrected chi connectivity index (χ1v) is 9.46. The number of carbonyl (C=O) groups excluding carboxylic acids is 1. The van der Waals surface area contributed by atoms with Gasteiger partial charge >= 0.3 is 6.09 Å². The van der Waals surface area contributed by atoms with Crippen LogP contribution in [0, 0.1) is 6.92 Å². The number of alkyl carbamates (subject to hydrolysis) is 1. The second-order valence-corrected chi connectivity index (χ2v) is 7.08. The van der Waals surface area contributed by atoms with Gasteiger partial charge in [0.2, 0.25) is 0 Å². The quantitative estimate of drug-likeness (QED) is 0.368. The Hall–Kier alpha value is -2.44. The number of aryl methyl sites for hydroxylation is 1. The van der Waals surface area contributed by atoms with E-state index in [1.54, 1.807) is 0 Å². The van der Waals surface area contributed by atoms with E-state index in [-0.39, 0.29) is 0 Å². The van der Waals surface area contributed by atoms with Crippen molar-refractivity contribution < 1.29 is 14.3 Å². The Morgan fingerprint density at radius 1 is 1.11 bits per heavy atom. The van der Waals surface area contributed by atoms with Gasteiger partial charge in [-0.1, -0.05) is 12.1 Å². The lowest BCUT2D eigenvalue weighted by molar-refractivity contribution is 0.0529. The number of aliphatic imine (C=N–C) groups is 1. The number of hydrogen-bond donors (Lipinski definition) is 3. The average Bonchev–Trinajstić information content (AvgIpc) is 2.57. The van der Waals surface area contributed by atoms with Crippen LogP contribution in [0.3, 0.4) is 0 Å². The molecule has 0 unspecified atom stereocenters. The normalized spacial score (nSPS) is 11.7. The SMILES string of the molecule is CCNC(=NCc1ccc(OCC)c(C)c1)NCCNC(=O)OC(C)(C)C. The zero-order valence-corrected chi connectivity index (χ0v) is 17.4. The monoisotopic (exact) mass is 378 g/mol. The molecule has 1 rings (SSSR count). The topological polar surface area (TPSA) is 84.0 Å². The number of nitrogens with one attached hydrogen (secondary N) is 3. The number of ether oxygens (including phenoxy) is 2. The van der Waals surface area contributed by atoms with Crippen molar-refractivity contribution in [2.75, 3.05) is 26.2 Å². The summed E-state index contributed by atoms with van der Waals surface area (Å²) in [5.74, 6) is 1.61. The molecule has 27 heavy (non-hydrogen) atoms. The molecule has 0 saturated carbocycles. The number of rotatable bonds is 8. The summed E-state index contributed by atoms with van der Waals surface area (Å²) in [6, 6.07) is 6.09. The Labute approximate surface area is 162 Å². The van der Waals surface area contributed by atoms with Gasteiger partial charge in [0.15, 0.2) is 5.96 Å². The molecule has 0 aliphatic carbocycles. The lowest BCUT2D eigenvalue weighted by Crippen LogP contribution is -2.42. The van der Waals surface area contributed by atoms with Crippen molar-refractivity contribution in [1.29, 1.82) is 0 Å². The molecule has 3 N–H and O–H groups in total. The summed E-state index contributed by atoms with van der Waals surface area (Å²) in [7, 11) is 0. The minimum Gasteiger partial charge on any atom is -0.494 e. The molecule has 0 aromatic heterocycles. The van der Waals surface area contributed by atoms with Gasteiger partial charge in [-0.05, 0) is 58.7 Å². The van der Waals surface area contributed by atoms with E-state index in [9.17, 15) is 4.79 Å². The molecule has 7 nitrogen and oxygen atoms in total. The van der Waals surface area contributed by atoms with Crippen LogP contribution < -0.4 is 20.7 Å². The highest BCUT2D eigenvalue weighted by molar-refractivity contribution is 5.79. The maximum atomic E-state index is 11.6. The summed E-state index contributed by atoms with van der Waals surface area (Å²) in [6.45, 7) is 14.5. The maximum Gasteiger partial charge on any atom is 0.407 e. The van der Waals surface area contributed by atoms with Crippen molar-refractivity contribution in [2.45, 2.75) is 53.7 Å². The zero-order chi connectivity index (χ0) is 20.3. The van der Waals surface area contributed by atoms with Crippen LogP contribution in [0.5, 0.6) is 5.75 Å². The van der Waals surface area contributed by atoms with E-state index < -0.39 is 11.7 Å².